The van der Waals surface area contributed by atoms with Gasteiger partial charge in [0.05, 0.1) is 10.9 Å². The molecule has 2 heterocycles. The number of rotatable bonds is 3. The van der Waals surface area contributed by atoms with Gasteiger partial charge in [-0.15, -0.1) is 11.8 Å². The standard InChI is InChI=1S/C15H21N3O3S2/c1-12-2-4-13(5-3-12)23(20,21)18-8-6-17(7-9-18)15(19)14-10-22-11-16-14/h2-5,14,16H,6-11H2,1H3. The molecular weight excluding hydrogens is 334 g/mol. The highest BCUT2D eigenvalue weighted by molar-refractivity contribution is 7.99. The maximum atomic E-state index is 12.6. The highest BCUT2D eigenvalue weighted by Gasteiger charge is 2.33. The van der Waals surface area contributed by atoms with Gasteiger partial charge < -0.3 is 4.90 Å². The molecular formula is C15H21N3O3S2. The van der Waals surface area contributed by atoms with Gasteiger partial charge in [0, 0.05) is 37.8 Å². The zero-order valence-electron chi connectivity index (χ0n) is 13.1. The van der Waals surface area contributed by atoms with Crippen molar-refractivity contribution in [1.29, 1.82) is 0 Å². The van der Waals surface area contributed by atoms with Crippen LogP contribution in [-0.4, -0.2) is 67.4 Å². The molecule has 0 aliphatic carbocycles. The fourth-order valence-corrected chi connectivity index (χ4v) is 5.14. The number of hydrogen-bond donors (Lipinski definition) is 1. The number of carbonyl (C=O) groups is 1. The van der Waals surface area contributed by atoms with Crippen LogP contribution in [0.25, 0.3) is 0 Å². The van der Waals surface area contributed by atoms with Crippen molar-refractivity contribution in [3.63, 3.8) is 0 Å². The van der Waals surface area contributed by atoms with Crippen molar-refractivity contribution >= 4 is 27.7 Å². The average Bonchev–Trinajstić information content (AvgIpc) is 3.09. The Morgan fingerprint density at radius 1 is 1.17 bits per heavy atom. The van der Waals surface area contributed by atoms with E-state index in [1.807, 2.05) is 6.92 Å². The van der Waals surface area contributed by atoms with Gasteiger partial charge in [0.2, 0.25) is 15.9 Å². The number of hydrogen-bond acceptors (Lipinski definition) is 5. The fourth-order valence-electron chi connectivity index (χ4n) is 2.78. The van der Waals surface area contributed by atoms with E-state index in [1.165, 1.54) is 4.31 Å². The molecule has 0 radical (unpaired) electrons. The molecule has 1 amide bonds. The van der Waals surface area contributed by atoms with E-state index in [4.69, 9.17) is 0 Å². The van der Waals surface area contributed by atoms with Crippen LogP contribution in [0.5, 0.6) is 0 Å². The Labute approximate surface area is 141 Å². The monoisotopic (exact) mass is 355 g/mol. The lowest BCUT2D eigenvalue weighted by Gasteiger charge is -2.35. The van der Waals surface area contributed by atoms with Gasteiger partial charge >= 0.3 is 0 Å². The Hall–Kier alpha value is -1.09. The first-order chi connectivity index (χ1) is 11.0. The van der Waals surface area contributed by atoms with Crippen LogP contribution in [0.15, 0.2) is 29.2 Å². The van der Waals surface area contributed by atoms with Gasteiger partial charge in [0.1, 0.15) is 0 Å². The molecule has 1 aromatic carbocycles. The maximum absolute atomic E-state index is 12.6. The smallest absolute Gasteiger partial charge is 0.243 e. The molecule has 1 aromatic rings. The fraction of sp³-hybridized carbons (Fsp3) is 0.533. The number of sulfonamides is 1. The summed E-state index contributed by atoms with van der Waals surface area (Å²) in [4.78, 5) is 14.4. The van der Waals surface area contributed by atoms with Gasteiger partial charge in [0.15, 0.2) is 0 Å². The molecule has 8 heteroatoms. The van der Waals surface area contributed by atoms with Crippen LogP contribution in [-0.2, 0) is 14.8 Å². The molecule has 2 aliphatic heterocycles. The molecule has 0 aromatic heterocycles. The first kappa shape index (κ1) is 16.8. The minimum Gasteiger partial charge on any atom is -0.339 e. The summed E-state index contributed by atoms with van der Waals surface area (Å²) in [5, 5.41) is 3.17. The predicted octanol–water partition coefficient (Wildman–Crippen LogP) is 0.490. The van der Waals surface area contributed by atoms with Crippen molar-refractivity contribution in [3.05, 3.63) is 29.8 Å². The van der Waals surface area contributed by atoms with Crippen molar-refractivity contribution < 1.29 is 13.2 Å². The van der Waals surface area contributed by atoms with E-state index in [0.29, 0.717) is 31.1 Å². The number of nitrogens with one attached hydrogen (secondary N) is 1. The van der Waals surface area contributed by atoms with E-state index in [9.17, 15) is 13.2 Å². The molecule has 2 saturated heterocycles. The third kappa shape index (κ3) is 3.55. The van der Waals surface area contributed by atoms with E-state index < -0.39 is 10.0 Å². The molecule has 1 atom stereocenters. The van der Waals surface area contributed by atoms with Crippen LogP contribution < -0.4 is 5.32 Å². The first-order valence-corrected chi connectivity index (χ1v) is 10.2. The third-order valence-electron chi connectivity index (χ3n) is 4.22. The van der Waals surface area contributed by atoms with Crippen LogP contribution in [0.3, 0.4) is 0 Å². The molecule has 126 valence electrons. The van der Waals surface area contributed by atoms with Crippen LogP contribution in [0.2, 0.25) is 0 Å². The Kier molecular flexibility index (Phi) is 4.96. The molecule has 2 fully saturated rings. The molecule has 1 unspecified atom stereocenters. The normalized spacial score (nSPS) is 23.2. The number of nitrogens with zero attached hydrogens (tertiary/aromatic N) is 2. The van der Waals surface area contributed by atoms with Gasteiger partial charge in [-0.1, -0.05) is 17.7 Å². The molecule has 0 saturated carbocycles. The second-order valence-electron chi connectivity index (χ2n) is 5.81. The highest BCUT2D eigenvalue weighted by atomic mass is 32.2. The summed E-state index contributed by atoms with van der Waals surface area (Å²) in [7, 11) is -3.47. The van der Waals surface area contributed by atoms with Gasteiger partial charge in [-0.25, -0.2) is 8.42 Å². The van der Waals surface area contributed by atoms with E-state index in [-0.39, 0.29) is 11.9 Å². The summed E-state index contributed by atoms with van der Waals surface area (Å²) in [6.45, 7) is 3.53. The molecule has 0 bridgehead atoms. The Bertz CT molecular complexity index is 662. The van der Waals surface area contributed by atoms with Gasteiger partial charge in [-0.2, -0.15) is 4.31 Å². The summed E-state index contributed by atoms with van der Waals surface area (Å²) in [6.07, 6.45) is 0. The van der Waals surface area contributed by atoms with Crippen LogP contribution in [0, 0.1) is 6.92 Å². The number of benzene rings is 1. The first-order valence-electron chi connectivity index (χ1n) is 7.65. The summed E-state index contributed by atoms with van der Waals surface area (Å²) >= 11 is 1.71. The zero-order chi connectivity index (χ0) is 16.4. The average molecular weight is 355 g/mol. The summed E-state index contributed by atoms with van der Waals surface area (Å²) in [5.74, 6) is 1.68. The Balaban J connectivity index is 1.64. The SMILES string of the molecule is Cc1ccc(S(=O)(=O)N2CCN(C(=O)C3CSCN3)CC2)cc1. The maximum Gasteiger partial charge on any atom is 0.243 e. The number of aryl methyl sites for hydroxylation is 1. The predicted molar refractivity (Wildman–Crippen MR) is 90.8 cm³/mol. The second kappa shape index (κ2) is 6.80. The largest absolute Gasteiger partial charge is 0.339 e. The number of thioether (sulfide) groups is 1. The molecule has 2 aliphatic rings. The quantitative estimate of drug-likeness (QED) is 0.855. The summed E-state index contributed by atoms with van der Waals surface area (Å²) in [6, 6.07) is 6.76. The zero-order valence-corrected chi connectivity index (χ0v) is 14.7. The minimum atomic E-state index is -3.47. The van der Waals surface area contributed by atoms with E-state index in [1.54, 1.807) is 40.9 Å². The Morgan fingerprint density at radius 3 is 2.39 bits per heavy atom. The lowest BCUT2D eigenvalue weighted by Crippen LogP contribution is -2.54. The number of piperazine rings is 1. The second-order valence-corrected chi connectivity index (χ2v) is 8.78. The van der Waals surface area contributed by atoms with Crippen molar-refractivity contribution in [2.24, 2.45) is 0 Å². The number of carbonyl (C=O) groups excluding carboxylic acids is 1. The number of amides is 1. The lowest BCUT2D eigenvalue weighted by atomic mass is 10.2. The third-order valence-corrected chi connectivity index (χ3v) is 7.08. The minimum absolute atomic E-state index is 0.0855. The van der Waals surface area contributed by atoms with Crippen LogP contribution in [0.1, 0.15) is 5.56 Å². The van der Waals surface area contributed by atoms with Crippen LogP contribution >= 0.6 is 11.8 Å². The van der Waals surface area contributed by atoms with E-state index in [0.717, 1.165) is 17.2 Å². The van der Waals surface area contributed by atoms with E-state index >= 15 is 0 Å². The van der Waals surface area contributed by atoms with Crippen molar-refractivity contribution in [2.75, 3.05) is 37.8 Å². The molecule has 3 rings (SSSR count). The Morgan fingerprint density at radius 2 is 1.83 bits per heavy atom. The van der Waals surface area contributed by atoms with Crippen molar-refractivity contribution in [2.45, 2.75) is 17.9 Å². The summed E-state index contributed by atoms with van der Waals surface area (Å²) < 4.78 is 26.7. The highest BCUT2D eigenvalue weighted by Crippen LogP contribution is 2.19. The molecule has 23 heavy (non-hydrogen) atoms. The summed E-state index contributed by atoms with van der Waals surface area (Å²) in [5.41, 5.74) is 1.03. The van der Waals surface area contributed by atoms with Crippen LogP contribution in [0.4, 0.5) is 0 Å². The molecule has 1 N–H and O–H groups in total. The van der Waals surface area contributed by atoms with Gasteiger partial charge in [-0.3, -0.25) is 10.1 Å². The molecule has 6 nitrogen and oxygen atoms in total. The lowest BCUT2D eigenvalue weighted by molar-refractivity contribution is -0.133. The van der Waals surface area contributed by atoms with Gasteiger partial charge in [0.25, 0.3) is 0 Å². The van der Waals surface area contributed by atoms with Crippen molar-refractivity contribution in [3.8, 4) is 0 Å². The van der Waals surface area contributed by atoms with Crippen molar-refractivity contribution in [1.82, 2.24) is 14.5 Å². The topological polar surface area (TPSA) is 69.7 Å². The van der Waals surface area contributed by atoms with E-state index in [2.05, 4.69) is 5.32 Å². The van der Waals surface area contributed by atoms with Gasteiger partial charge in [-0.05, 0) is 19.1 Å². The molecule has 0 spiro atoms.